The van der Waals surface area contributed by atoms with Crippen LogP contribution in [0.25, 0.3) is 21.5 Å². The van der Waals surface area contributed by atoms with Crippen LogP contribution in [0, 0.1) is 5.82 Å². The number of thiazole rings is 1. The molecular weight excluding hydrogens is 565 g/mol. The summed E-state index contributed by atoms with van der Waals surface area (Å²) in [6.07, 6.45) is -0.870. The van der Waals surface area contributed by atoms with Gasteiger partial charge in [-0.2, -0.15) is 0 Å². The van der Waals surface area contributed by atoms with E-state index in [1.54, 1.807) is 30.8 Å². The van der Waals surface area contributed by atoms with Gasteiger partial charge in [0.1, 0.15) is 29.8 Å². The third kappa shape index (κ3) is 5.45. The Balaban J connectivity index is 1.48. The summed E-state index contributed by atoms with van der Waals surface area (Å²) in [5, 5.41) is 29.3. The lowest BCUT2D eigenvalue weighted by molar-refractivity contribution is -0.137. The summed E-state index contributed by atoms with van der Waals surface area (Å²) in [7, 11) is 0. The highest BCUT2D eigenvalue weighted by molar-refractivity contribution is 9.10. The first kappa shape index (κ1) is 25.5. The Morgan fingerprint density at radius 2 is 2.16 bits per heavy atom. The predicted octanol–water partition coefficient (Wildman–Crippen LogP) is 3.62. The van der Waals surface area contributed by atoms with Gasteiger partial charge in [-0.05, 0) is 53.2 Å². The first-order chi connectivity index (χ1) is 17.8. The van der Waals surface area contributed by atoms with Crippen molar-refractivity contribution in [2.24, 2.45) is 15.7 Å². The normalized spacial score (nSPS) is 23.1. The van der Waals surface area contributed by atoms with Crippen molar-refractivity contribution in [3.63, 3.8) is 0 Å². The second-order valence-electron chi connectivity index (χ2n) is 8.58. The molecule has 4 N–H and O–H groups in total. The van der Waals surface area contributed by atoms with Crippen molar-refractivity contribution in [1.82, 2.24) is 20.0 Å². The third-order valence-corrected chi connectivity index (χ3v) is 7.39. The second-order valence-corrected chi connectivity index (χ2v) is 10.3. The van der Waals surface area contributed by atoms with Crippen LogP contribution >= 0.6 is 27.3 Å². The van der Waals surface area contributed by atoms with Crippen molar-refractivity contribution in [2.45, 2.75) is 37.7 Å². The van der Waals surface area contributed by atoms with E-state index in [1.165, 1.54) is 22.1 Å². The number of aliphatic hydroxyl groups excluding tert-OH is 2. The summed E-state index contributed by atoms with van der Waals surface area (Å²) in [5.41, 5.74) is 10.1. The molecule has 0 amide bonds. The van der Waals surface area contributed by atoms with E-state index in [4.69, 9.17) is 15.5 Å². The Bertz CT molecular complexity index is 1490. The van der Waals surface area contributed by atoms with E-state index in [-0.39, 0.29) is 12.3 Å². The SMILES string of the molecule is CC(N)=NC(=Nc1ccc2ncsc2c1)C1CC(n2cc(-c3ccc(Br)c(F)c3)nn2)C(O)C(CO)O1. The number of aromatic nitrogens is 4. The third-order valence-electron chi connectivity index (χ3n) is 5.95. The first-order valence-corrected chi connectivity index (χ1v) is 13.0. The van der Waals surface area contributed by atoms with Crippen molar-refractivity contribution >= 4 is 54.8 Å². The number of hydrogen-bond donors (Lipinski definition) is 3. The van der Waals surface area contributed by atoms with Gasteiger partial charge in [-0.1, -0.05) is 11.3 Å². The number of nitrogens with zero attached hydrogens (tertiary/aromatic N) is 6. The molecule has 0 bridgehead atoms. The van der Waals surface area contributed by atoms with Crippen LogP contribution in [0.1, 0.15) is 19.4 Å². The van der Waals surface area contributed by atoms with Crippen LogP contribution < -0.4 is 5.73 Å². The van der Waals surface area contributed by atoms with Crippen LogP contribution in [-0.2, 0) is 4.74 Å². The molecule has 0 aliphatic carbocycles. The van der Waals surface area contributed by atoms with Crippen molar-refractivity contribution in [2.75, 3.05) is 6.61 Å². The fourth-order valence-electron chi connectivity index (χ4n) is 4.16. The van der Waals surface area contributed by atoms with Crippen LogP contribution in [0.15, 0.2) is 62.6 Å². The lowest BCUT2D eigenvalue weighted by atomic mass is 9.95. The number of hydrogen-bond acceptors (Lipinski definition) is 8. The van der Waals surface area contributed by atoms with Gasteiger partial charge in [0.05, 0.1) is 50.6 Å². The standard InChI is InChI=1S/C24H23BrFN7O3S/c1-12(27)29-24(30-14-3-5-17-22(7-14)37-11-28-17)20-8-19(23(35)21(10-34)36-20)33-9-18(31-32-33)13-2-4-15(25)16(26)6-13/h2-7,9,11,19-21,23,34-35H,8,10H2,1H3,(H2,27,29,30). The summed E-state index contributed by atoms with van der Waals surface area (Å²) in [6.45, 7) is 1.21. The maximum atomic E-state index is 14.1. The van der Waals surface area contributed by atoms with Crippen LogP contribution in [0.5, 0.6) is 0 Å². The Hall–Kier alpha value is -3.10. The predicted molar refractivity (Wildman–Crippen MR) is 143 cm³/mol. The smallest absolute Gasteiger partial charge is 0.159 e. The van der Waals surface area contributed by atoms with Crippen molar-refractivity contribution in [3.05, 3.63) is 58.4 Å². The van der Waals surface area contributed by atoms with Crippen LogP contribution in [0.2, 0.25) is 0 Å². The van der Waals surface area contributed by atoms with Crippen molar-refractivity contribution in [1.29, 1.82) is 0 Å². The number of fused-ring (bicyclic) bond motifs is 1. The summed E-state index contributed by atoms with van der Waals surface area (Å²) < 4.78 is 22.9. The minimum absolute atomic E-state index is 0.230. The van der Waals surface area contributed by atoms with Crippen molar-refractivity contribution < 1.29 is 19.3 Å². The average molecular weight is 588 g/mol. The molecule has 4 aromatic rings. The molecule has 2 aromatic heterocycles. The van der Waals surface area contributed by atoms with Crippen LogP contribution in [0.4, 0.5) is 10.1 Å². The fraction of sp³-hybridized carbons (Fsp3) is 0.292. The molecule has 4 unspecified atom stereocenters. The average Bonchev–Trinajstić information content (AvgIpc) is 3.55. The van der Waals surface area contributed by atoms with E-state index < -0.39 is 36.8 Å². The number of aliphatic imine (C=N–C) groups is 2. The molecule has 5 rings (SSSR count). The lowest BCUT2D eigenvalue weighted by Crippen LogP contribution is -2.50. The van der Waals surface area contributed by atoms with E-state index in [1.807, 2.05) is 18.2 Å². The van der Waals surface area contributed by atoms with Gasteiger partial charge in [-0.15, -0.1) is 16.4 Å². The Kier molecular flexibility index (Phi) is 7.40. The highest BCUT2D eigenvalue weighted by atomic mass is 79.9. The maximum absolute atomic E-state index is 14.1. The summed E-state index contributed by atoms with van der Waals surface area (Å²) in [4.78, 5) is 13.4. The van der Waals surface area contributed by atoms with Gasteiger partial charge in [0.25, 0.3) is 0 Å². The molecule has 4 atom stereocenters. The quantitative estimate of drug-likeness (QED) is 0.239. The summed E-state index contributed by atoms with van der Waals surface area (Å²) in [6, 6.07) is 9.61. The zero-order valence-corrected chi connectivity index (χ0v) is 22.0. The molecule has 1 fully saturated rings. The molecule has 1 aliphatic heterocycles. The van der Waals surface area contributed by atoms with E-state index >= 15 is 0 Å². The summed E-state index contributed by atoms with van der Waals surface area (Å²) >= 11 is 4.64. The maximum Gasteiger partial charge on any atom is 0.159 e. The summed E-state index contributed by atoms with van der Waals surface area (Å²) in [5.74, 6) is 0.158. The van der Waals surface area contributed by atoms with E-state index in [0.717, 1.165) is 10.2 Å². The number of amidine groups is 2. The molecule has 1 saturated heterocycles. The van der Waals surface area contributed by atoms with E-state index in [9.17, 15) is 14.6 Å². The molecular formula is C24H23BrFN7O3S. The Morgan fingerprint density at radius 3 is 2.92 bits per heavy atom. The molecule has 0 spiro atoms. The van der Waals surface area contributed by atoms with Gasteiger partial charge in [-0.25, -0.2) is 24.0 Å². The van der Waals surface area contributed by atoms with Gasteiger partial charge in [0.2, 0.25) is 0 Å². The van der Waals surface area contributed by atoms with E-state index in [2.05, 4.69) is 36.2 Å². The van der Waals surface area contributed by atoms with Gasteiger partial charge in [0, 0.05) is 12.0 Å². The molecule has 3 heterocycles. The first-order valence-electron chi connectivity index (χ1n) is 11.4. The zero-order chi connectivity index (χ0) is 26.1. The number of aliphatic hydroxyl groups is 2. The molecule has 37 heavy (non-hydrogen) atoms. The van der Waals surface area contributed by atoms with Gasteiger partial charge in [-0.3, -0.25) is 0 Å². The van der Waals surface area contributed by atoms with Crippen LogP contribution in [0.3, 0.4) is 0 Å². The largest absolute Gasteiger partial charge is 0.394 e. The van der Waals surface area contributed by atoms with Crippen LogP contribution in [-0.4, -0.2) is 66.8 Å². The number of rotatable bonds is 5. The van der Waals surface area contributed by atoms with Gasteiger partial charge < -0.3 is 20.7 Å². The molecule has 0 saturated carbocycles. The highest BCUT2D eigenvalue weighted by Gasteiger charge is 2.41. The molecule has 1 aliphatic rings. The van der Waals surface area contributed by atoms with Crippen molar-refractivity contribution in [3.8, 4) is 11.3 Å². The Labute approximate surface area is 223 Å². The minimum atomic E-state index is -1.09. The molecule has 10 nitrogen and oxygen atoms in total. The molecule has 2 aromatic carbocycles. The topological polar surface area (TPSA) is 144 Å². The Morgan fingerprint density at radius 1 is 1.32 bits per heavy atom. The molecule has 192 valence electrons. The fourth-order valence-corrected chi connectivity index (χ4v) is 5.11. The van der Waals surface area contributed by atoms with Gasteiger partial charge in [0.15, 0.2) is 5.84 Å². The highest BCUT2D eigenvalue weighted by Crippen LogP contribution is 2.33. The minimum Gasteiger partial charge on any atom is -0.394 e. The lowest BCUT2D eigenvalue weighted by Gasteiger charge is -2.38. The second kappa shape index (κ2) is 10.7. The van der Waals surface area contributed by atoms with E-state index in [0.29, 0.717) is 27.3 Å². The number of ether oxygens (including phenoxy) is 1. The molecule has 13 heteroatoms. The monoisotopic (exact) mass is 587 g/mol. The number of halogens is 2. The number of benzene rings is 2. The zero-order valence-electron chi connectivity index (χ0n) is 19.6. The van der Waals surface area contributed by atoms with Gasteiger partial charge >= 0.3 is 0 Å². The number of nitrogens with two attached hydrogens (primary N) is 1. The molecule has 0 radical (unpaired) electrons.